The van der Waals surface area contributed by atoms with Gasteiger partial charge in [0.2, 0.25) is 0 Å². The number of carbonyl (C=O) groups is 1. The van der Waals surface area contributed by atoms with Gasteiger partial charge in [0.1, 0.15) is 10.8 Å². The molecule has 0 atom stereocenters. The number of pyridine rings is 1. The molecule has 0 saturated carbocycles. The van der Waals surface area contributed by atoms with Crippen LogP contribution in [0.25, 0.3) is 10.7 Å². The minimum absolute atomic E-state index is 0.248. The summed E-state index contributed by atoms with van der Waals surface area (Å²) in [4.78, 5) is 19.4. The molecule has 0 radical (unpaired) electrons. The largest absolute Gasteiger partial charge is 0.461 e. The second-order valence-electron chi connectivity index (χ2n) is 3.12. The zero-order chi connectivity index (χ0) is 12.3. The maximum atomic E-state index is 12.7. The van der Waals surface area contributed by atoms with Crippen molar-refractivity contribution in [3.05, 3.63) is 35.2 Å². The number of hydrogen-bond donors (Lipinski definition) is 0. The van der Waals surface area contributed by atoms with E-state index in [0.717, 1.165) is 6.20 Å². The highest BCUT2D eigenvalue weighted by molar-refractivity contribution is 7.13. The molecule has 2 heterocycles. The van der Waals surface area contributed by atoms with E-state index in [9.17, 15) is 9.18 Å². The predicted octanol–water partition coefficient (Wildman–Crippen LogP) is 2.52. The van der Waals surface area contributed by atoms with Crippen molar-refractivity contribution >= 4 is 17.3 Å². The third-order valence-corrected chi connectivity index (χ3v) is 2.80. The summed E-state index contributed by atoms with van der Waals surface area (Å²) in [6.07, 6.45) is 1.11. The van der Waals surface area contributed by atoms with E-state index in [1.54, 1.807) is 12.3 Å². The lowest BCUT2D eigenvalue weighted by Gasteiger charge is -1.96. The lowest BCUT2D eigenvalue weighted by Crippen LogP contribution is -2.04. The molecule has 2 aromatic heterocycles. The van der Waals surface area contributed by atoms with Gasteiger partial charge in [0, 0.05) is 5.38 Å². The highest BCUT2D eigenvalue weighted by Gasteiger charge is 2.13. The minimum atomic E-state index is -0.461. The number of carbonyl (C=O) groups excluding carboxylic acids is 1. The Balaban J connectivity index is 2.23. The van der Waals surface area contributed by atoms with Crippen molar-refractivity contribution < 1.29 is 13.9 Å². The monoisotopic (exact) mass is 252 g/mol. The molecular formula is C11H9FN2O2S. The van der Waals surface area contributed by atoms with Crippen LogP contribution >= 0.6 is 11.3 Å². The Morgan fingerprint density at radius 3 is 3.00 bits per heavy atom. The van der Waals surface area contributed by atoms with Crippen molar-refractivity contribution in [2.75, 3.05) is 6.61 Å². The van der Waals surface area contributed by atoms with Crippen LogP contribution in [0.3, 0.4) is 0 Å². The number of thiazole rings is 1. The second-order valence-corrected chi connectivity index (χ2v) is 3.98. The van der Waals surface area contributed by atoms with E-state index >= 15 is 0 Å². The lowest BCUT2D eigenvalue weighted by molar-refractivity contribution is 0.0520. The molecule has 0 amide bonds. The van der Waals surface area contributed by atoms with Crippen LogP contribution in [-0.4, -0.2) is 22.5 Å². The predicted molar refractivity (Wildman–Crippen MR) is 61.3 cm³/mol. The van der Waals surface area contributed by atoms with E-state index in [-0.39, 0.29) is 5.69 Å². The van der Waals surface area contributed by atoms with Gasteiger partial charge in [0.15, 0.2) is 5.69 Å². The van der Waals surface area contributed by atoms with Gasteiger partial charge in [-0.2, -0.15) is 0 Å². The molecule has 0 unspecified atom stereocenters. The molecule has 88 valence electrons. The summed E-state index contributed by atoms with van der Waals surface area (Å²) in [5.74, 6) is -0.868. The average Bonchev–Trinajstić information content (AvgIpc) is 2.80. The first kappa shape index (κ1) is 11.7. The first-order valence-corrected chi connectivity index (χ1v) is 5.83. The fourth-order valence-corrected chi connectivity index (χ4v) is 1.96. The summed E-state index contributed by atoms with van der Waals surface area (Å²) in [7, 11) is 0. The summed E-state index contributed by atoms with van der Waals surface area (Å²) >= 11 is 1.27. The number of hydrogen-bond acceptors (Lipinski definition) is 5. The fourth-order valence-electron chi connectivity index (χ4n) is 1.19. The van der Waals surface area contributed by atoms with Gasteiger partial charge in [0.25, 0.3) is 0 Å². The SMILES string of the molecule is CCOC(=O)c1csc(-c2ccc(F)cn2)n1. The third kappa shape index (κ3) is 2.65. The number of halogens is 1. The van der Waals surface area contributed by atoms with Gasteiger partial charge < -0.3 is 4.74 Å². The van der Waals surface area contributed by atoms with Gasteiger partial charge in [-0.05, 0) is 19.1 Å². The van der Waals surface area contributed by atoms with Crippen LogP contribution in [-0.2, 0) is 4.74 Å². The van der Waals surface area contributed by atoms with Crippen LogP contribution in [0.1, 0.15) is 17.4 Å². The van der Waals surface area contributed by atoms with E-state index in [0.29, 0.717) is 17.3 Å². The Bertz CT molecular complexity index is 525. The summed E-state index contributed by atoms with van der Waals surface area (Å²) in [6, 6.07) is 2.82. The average molecular weight is 252 g/mol. The van der Waals surface area contributed by atoms with Crippen molar-refractivity contribution in [1.82, 2.24) is 9.97 Å². The van der Waals surface area contributed by atoms with Crippen molar-refractivity contribution in [2.45, 2.75) is 6.92 Å². The van der Waals surface area contributed by atoms with E-state index in [1.165, 1.54) is 23.5 Å². The Kier molecular flexibility index (Phi) is 3.43. The van der Waals surface area contributed by atoms with Gasteiger partial charge in [-0.25, -0.2) is 14.2 Å². The smallest absolute Gasteiger partial charge is 0.357 e. The molecule has 0 aliphatic carbocycles. The molecule has 0 N–H and O–H groups in total. The van der Waals surface area contributed by atoms with Crippen molar-refractivity contribution in [2.24, 2.45) is 0 Å². The topological polar surface area (TPSA) is 52.1 Å². The zero-order valence-electron chi connectivity index (χ0n) is 9.01. The van der Waals surface area contributed by atoms with E-state index in [2.05, 4.69) is 9.97 Å². The van der Waals surface area contributed by atoms with Crippen molar-refractivity contribution in [3.63, 3.8) is 0 Å². The summed E-state index contributed by atoms with van der Waals surface area (Å²) in [6.45, 7) is 2.03. The first-order chi connectivity index (χ1) is 8.20. The van der Waals surface area contributed by atoms with E-state index in [4.69, 9.17) is 4.74 Å². The molecule has 6 heteroatoms. The fraction of sp³-hybridized carbons (Fsp3) is 0.182. The molecule has 4 nitrogen and oxygen atoms in total. The molecule has 2 aromatic rings. The normalized spacial score (nSPS) is 10.2. The minimum Gasteiger partial charge on any atom is -0.461 e. The zero-order valence-corrected chi connectivity index (χ0v) is 9.83. The second kappa shape index (κ2) is 5.01. The van der Waals surface area contributed by atoms with Crippen LogP contribution in [0, 0.1) is 5.82 Å². The van der Waals surface area contributed by atoms with Crippen LogP contribution in [0.4, 0.5) is 4.39 Å². The van der Waals surface area contributed by atoms with E-state index < -0.39 is 11.8 Å². The summed E-state index contributed by atoms with van der Waals surface area (Å²) in [5, 5.41) is 2.16. The van der Waals surface area contributed by atoms with Crippen molar-refractivity contribution in [3.8, 4) is 10.7 Å². The maximum Gasteiger partial charge on any atom is 0.357 e. The summed E-state index contributed by atoms with van der Waals surface area (Å²) < 4.78 is 17.5. The van der Waals surface area contributed by atoms with Crippen LogP contribution in [0.15, 0.2) is 23.7 Å². The Morgan fingerprint density at radius 1 is 1.53 bits per heavy atom. The molecule has 0 aliphatic rings. The molecule has 0 fully saturated rings. The van der Waals surface area contributed by atoms with Gasteiger partial charge in [0.05, 0.1) is 18.5 Å². The van der Waals surface area contributed by atoms with Gasteiger partial charge >= 0.3 is 5.97 Å². The molecule has 17 heavy (non-hydrogen) atoms. The standard InChI is InChI=1S/C11H9FN2O2S/c1-2-16-11(15)9-6-17-10(14-9)8-4-3-7(12)5-13-8/h3-6H,2H2,1H3. The summed E-state index contributed by atoms with van der Waals surface area (Å²) in [5.41, 5.74) is 0.782. The first-order valence-electron chi connectivity index (χ1n) is 4.95. The molecule has 2 rings (SSSR count). The number of ether oxygens (including phenoxy) is 1. The van der Waals surface area contributed by atoms with Crippen LogP contribution in [0.5, 0.6) is 0 Å². The highest BCUT2D eigenvalue weighted by atomic mass is 32.1. The van der Waals surface area contributed by atoms with E-state index in [1.807, 2.05) is 0 Å². The van der Waals surface area contributed by atoms with Crippen LogP contribution in [0.2, 0.25) is 0 Å². The van der Waals surface area contributed by atoms with Crippen LogP contribution < -0.4 is 0 Å². The number of aromatic nitrogens is 2. The third-order valence-electron chi connectivity index (χ3n) is 1.94. The van der Waals surface area contributed by atoms with Gasteiger partial charge in [-0.1, -0.05) is 0 Å². The molecule has 0 bridgehead atoms. The quantitative estimate of drug-likeness (QED) is 0.788. The number of rotatable bonds is 3. The van der Waals surface area contributed by atoms with Gasteiger partial charge in [-0.15, -0.1) is 11.3 Å². The molecule has 0 aliphatic heterocycles. The Hall–Kier alpha value is -1.82. The molecule has 0 saturated heterocycles. The number of nitrogens with zero attached hydrogens (tertiary/aromatic N) is 2. The molecule has 0 spiro atoms. The Morgan fingerprint density at radius 2 is 2.35 bits per heavy atom. The van der Waals surface area contributed by atoms with Gasteiger partial charge in [-0.3, -0.25) is 4.98 Å². The highest BCUT2D eigenvalue weighted by Crippen LogP contribution is 2.22. The molecular weight excluding hydrogens is 243 g/mol. The molecule has 0 aromatic carbocycles. The maximum absolute atomic E-state index is 12.7. The number of esters is 1. The Labute approximate surface area is 101 Å². The lowest BCUT2D eigenvalue weighted by atomic mass is 10.3. The van der Waals surface area contributed by atoms with Crippen molar-refractivity contribution in [1.29, 1.82) is 0 Å².